The van der Waals surface area contributed by atoms with Gasteiger partial charge in [0.05, 0.1) is 6.54 Å². The van der Waals surface area contributed by atoms with Crippen molar-refractivity contribution in [3.63, 3.8) is 0 Å². The smallest absolute Gasteiger partial charge is 0.239 e. The number of rotatable bonds is 7. The van der Waals surface area contributed by atoms with Crippen molar-refractivity contribution < 1.29 is 9.53 Å². The lowest BCUT2D eigenvalue weighted by molar-refractivity contribution is -0.119. The number of halogens is 1. The lowest BCUT2D eigenvalue weighted by Gasteiger charge is -2.09. The molecule has 132 valence electrons. The standard InChI is InChI=1S/C21H19ClN2O2/c22-17-8-6-16(7-9-17)14-24-21(25)15-23-18-10-12-20(13-11-18)26-19-4-2-1-3-5-19/h1-13,23H,14-15H2,(H,24,25). The monoisotopic (exact) mass is 366 g/mol. The molecule has 2 N–H and O–H groups in total. The van der Waals surface area contributed by atoms with E-state index in [2.05, 4.69) is 10.6 Å². The van der Waals surface area contributed by atoms with Crippen molar-refractivity contribution in [1.29, 1.82) is 0 Å². The SMILES string of the molecule is O=C(CNc1ccc(Oc2ccccc2)cc1)NCc1ccc(Cl)cc1. The molecule has 0 unspecified atom stereocenters. The third kappa shape index (κ3) is 5.53. The summed E-state index contributed by atoms with van der Waals surface area (Å²) in [6.45, 7) is 0.675. The molecule has 0 aromatic heterocycles. The van der Waals surface area contributed by atoms with Crippen molar-refractivity contribution in [3.05, 3.63) is 89.4 Å². The highest BCUT2D eigenvalue weighted by molar-refractivity contribution is 6.30. The van der Waals surface area contributed by atoms with E-state index in [9.17, 15) is 4.79 Å². The van der Waals surface area contributed by atoms with Crippen molar-refractivity contribution in [1.82, 2.24) is 5.32 Å². The zero-order chi connectivity index (χ0) is 18.2. The number of amides is 1. The molecular weight excluding hydrogens is 348 g/mol. The minimum atomic E-state index is -0.0791. The molecule has 1 amide bonds. The number of para-hydroxylation sites is 1. The van der Waals surface area contributed by atoms with Gasteiger partial charge in [-0.15, -0.1) is 0 Å². The van der Waals surface area contributed by atoms with Crippen LogP contribution in [-0.4, -0.2) is 12.5 Å². The van der Waals surface area contributed by atoms with Gasteiger partial charge in [-0.05, 0) is 54.1 Å². The van der Waals surface area contributed by atoms with Gasteiger partial charge in [0.15, 0.2) is 0 Å². The molecular formula is C21H19ClN2O2. The summed E-state index contributed by atoms with van der Waals surface area (Å²) in [4.78, 5) is 11.9. The summed E-state index contributed by atoms with van der Waals surface area (Å²) in [6.07, 6.45) is 0. The van der Waals surface area contributed by atoms with Gasteiger partial charge in [0.25, 0.3) is 0 Å². The first-order valence-corrected chi connectivity index (χ1v) is 8.65. The average Bonchev–Trinajstić information content (AvgIpc) is 2.68. The fourth-order valence-electron chi connectivity index (χ4n) is 2.31. The molecule has 0 heterocycles. The van der Waals surface area contributed by atoms with Crippen LogP contribution in [-0.2, 0) is 11.3 Å². The predicted molar refractivity (Wildman–Crippen MR) is 105 cm³/mol. The third-order valence-electron chi connectivity index (χ3n) is 3.69. The van der Waals surface area contributed by atoms with E-state index in [1.807, 2.05) is 66.7 Å². The molecule has 4 nitrogen and oxygen atoms in total. The van der Waals surface area contributed by atoms with E-state index >= 15 is 0 Å². The zero-order valence-corrected chi connectivity index (χ0v) is 14.9. The molecule has 26 heavy (non-hydrogen) atoms. The first-order chi connectivity index (χ1) is 12.7. The largest absolute Gasteiger partial charge is 0.457 e. The van der Waals surface area contributed by atoms with Crippen LogP contribution in [0.5, 0.6) is 11.5 Å². The van der Waals surface area contributed by atoms with Crippen LogP contribution in [0.15, 0.2) is 78.9 Å². The zero-order valence-electron chi connectivity index (χ0n) is 14.1. The molecule has 0 fully saturated rings. The lowest BCUT2D eigenvalue weighted by atomic mass is 10.2. The summed E-state index contributed by atoms with van der Waals surface area (Å²) in [5.74, 6) is 1.45. The van der Waals surface area contributed by atoms with Crippen LogP contribution in [0, 0.1) is 0 Å². The maximum atomic E-state index is 11.9. The number of hydrogen-bond donors (Lipinski definition) is 2. The van der Waals surface area contributed by atoms with Crippen molar-refractivity contribution in [2.45, 2.75) is 6.54 Å². The number of anilines is 1. The Hall–Kier alpha value is -2.98. The number of benzene rings is 3. The minimum absolute atomic E-state index is 0.0791. The lowest BCUT2D eigenvalue weighted by Crippen LogP contribution is -2.29. The molecule has 3 rings (SSSR count). The molecule has 0 aliphatic rings. The maximum Gasteiger partial charge on any atom is 0.239 e. The Morgan fingerprint density at radius 3 is 2.19 bits per heavy atom. The Kier molecular flexibility index (Phi) is 6.12. The van der Waals surface area contributed by atoms with E-state index in [4.69, 9.17) is 16.3 Å². The highest BCUT2D eigenvalue weighted by Gasteiger charge is 2.02. The van der Waals surface area contributed by atoms with Gasteiger partial charge in [0, 0.05) is 17.3 Å². The number of carbonyl (C=O) groups excluding carboxylic acids is 1. The van der Waals surface area contributed by atoms with E-state index in [1.54, 1.807) is 12.1 Å². The van der Waals surface area contributed by atoms with Crippen LogP contribution in [0.25, 0.3) is 0 Å². The quantitative estimate of drug-likeness (QED) is 0.627. The molecule has 3 aromatic rings. The van der Waals surface area contributed by atoms with E-state index < -0.39 is 0 Å². The fourth-order valence-corrected chi connectivity index (χ4v) is 2.44. The van der Waals surface area contributed by atoms with Crippen LogP contribution in [0.2, 0.25) is 5.02 Å². The summed E-state index contributed by atoms with van der Waals surface area (Å²) in [6, 6.07) is 24.5. The van der Waals surface area contributed by atoms with Crippen molar-refractivity contribution in [2.24, 2.45) is 0 Å². The first kappa shape index (κ1) is 17.8. The van der Waals surface area contributed by atoms with Gasteiger partial charge in [-0.25, -0.2) is 0 Å². The van der Waals surface area contributed by atoms with Gasteiger partial charge in [0.1, 0.15) is 11.5 Å². The van der Waals surface area contributed by atoms with E-state index in [1.165, 1.54) is 0 Å². The predicted octanol–water partition coefficient (Wildman–Crippen LogP) is 4.86. The van der Waals surface area contributed by atoms with Crippen LogP contribution < -0.4 is 15.4 Å². The Morgan fingerprint density at radius 1 is 0.846 bits per heavy atom. The minimum Gasteiger partial charge on any atom is -0.457 e. The topological polar surface area (TPSA) is 50.4 Å². The number of hydrogen-bond acceptors (Lipinski definition) is 3. The van der Waals surface area contributed by atoms with Crippen molar-refractivity contribution in [3.8, 4) is 11.5 Å². The van der Waals surface area contributed by atoms with Gasteiger partial charge in [-0.2, -0.15) is 0 Å². The summed E-state index contributed by atoms with van der Waals surface area (Å²) in [5.41, 5.74) is 1.86. The van der Waals surface area contributed by atoms with Crippen LogP contribution in [0.1, 0.15) is 5.56 Å². The molecule has 5 heteroatoms. The Bertz CT molecular complexity index is 834. The molecule has 0 radical (unpaired) electrons. The molecule has 0 spiro atoms. The Morgan fingerprint density at radius 2 is 1.50 bits per heavy atom. The fraction of sp³-hybridized carbons (Fsp3) is 0.0952. The molecule has 0 saturated heterocycles. The van der Waals surface area contributed by atoms with E-state index in [-0.39, 0.29) is 12.5 Å². The van der Waals surface area contributed by atoms with Gasteiger partial charge in [-0.3, -0.25) is 4.79 Å². The Labute approximate surface area is 157 Å². The molecule has 0 saturated carbocycles. The maximum absolute atomic E-state index is 11.9. The summed E-state index contributed by atoms with van der Waals surface area (Å²) < 4.78 is 5.74. The van der Waals surface area contributed by atoms with Gasteiger partial charge in [0.2, 0.25) is 5.91 Å². The first-order valence-electron chi connectivity index (χ1n) is 8.27. The number of carbonyl (C=O) groups is 1. The summed E-state index contributed by atoms with van der Waals surface area (Å²) >= 11 is 5.84. The molecule has 0 bridgehead atoms. The highest BCUT2D eigenvalue weighted by atomic mass is 35.5. The third-order valence-corrected chi connectivity index (χ3v) is 3.94. The van der Waals surface area contributed by atoms with Gasteiger partial charge in [-0.1, -0.05) is 41.9 Å². The summed E-state index contributed by atoms with van der Waals surface area (Å²) in [7, 11) is 0. The van der Waals surface area contributed by atoms with Gasteiger partial charge < -0.3 is 15.4 Å². The second-order valence-corrected chi connectivity index (χ2v) is 6.13. The molecule has 0 atom stereocenters. The van der Waals surface area contributed by atoms with Crippen LogP contribution >= 0.6 is 11.6 Å². The average molecular weight is 367 g/mol. The van der Waals surface area contributed by atoms with E-state index in [0.717, 1.165) is 22.7 Å². The second kappa shape index (κ2) is 8.92. The van der Waals surface area contributed by atoms with Crippen molar-refractivity contribution >= 4 is 23.2 Å². The molecule has 0 aliphatic carbocycles. The van der Waals surface area contributed by atoms with E-state index in [0.29, 0.717) is 11.6 Å². The normalized spacial score (nSPS) is 10.2. The van der Waals surface area contributed by atoms with Crippen molar-refractivity contribution in [2.75, 3.05) is 11.9 Å². The number of ether oxygens (including phenoxy) is 1. The van der Waals surface area contributed by atoms with Crippen LogP contribution in [0.3, 0.4) is 0 Å². The van der Waals surface area contributed by atoms with Crippen LogP contribution in [0.4, 0.5) is 5.69 Å². The molecule has 3 aromatic carbocycles. The highest BCUT2D eigenvalue weighted by Crippen LogP contribution is 2.22. The second-order valence-electron chi connectivity index (χ2n) is 5.70. The Balaban J connectivity index is 1.44. The summed E-state index contributed by atoms with van der Waals surface area (Å²) in [5, 5.41) is 6.64. The molecule has 0 aliphatic heterocycles. The number of nitrogens with one attached hydrogen (secondary N) is 2. The van der Waals surface area contributed by atoms with Gasteiger partial charge >= 0.3 is 0 Å².